The van der Waals surface area contributed by atoms with E-state index in [0.29, 0.717) is 22.8 Å². The van der Waals surface area contributed by atoms with Crippen molar-refractivity contribution < 1.29 is 37.4 Å². The Hall–Kier alpha value is -3.82. The third-order valence-corrected chi connectivity index (χ3v) is 9.58. The molecule has 2 N–H and O–H groups in total. The summed E-state index contributed by atoms with van der Waals surface area (Å²) in [4.78, 5) is 48.5. The lowest BCUT2D eigenvalue weighted by atomic mass is 9.92. The lowest BCUT2D eigenvalue weighted by Gasteiger charge is -2.34. The quantitative estimate of drug-likeness (QED) is 0.346. The van der Waals surface area contributed by atoms with Gasteiger partial charge in [-0.3, -0.25) is 24.5 Å². The molecule has 46 heavy (non-hydrogen) atoms. The summed E-state index contributed by atoms with van der Waals surface area (Å²) in [6.45, 7) is 5.36. The van der Waals surface area contributed by atoms with Crippen molar-refractivity contribution in [2.24, 2.45) is 10.9 Å². The SMILES string of the molecule is CCOC(=O)C1=C(CN2CC(F)(F)C3C2CN(C(C)=O)N3CCC(CC)C(=O)O)NC(c2nccs2)=NC1c1cccc(F)c1C. The molecule has 0 bridgehead atoms. The summed E-state index contributed by atoms with van der Waals surface area (Å²) < 4.78 is 52.1. The van der Waals surface area contributed by atoms with Gasteiger partial charge in [0, 0.05) is 37.3 Å². The number of halogens is 3. The zero-order valence-corrected chi connectivity index (χ0v) is 26.8. The highest BCUT2D eigenvalue weighted by Gasteiger charge is 2.62. The van der Waals surface area contributed by atoms with E-state index in [1.807, 2.05) is 0 Å². The van der Waals surface area contributed by atoms with E-state index in [1.165, 1.54) is 45.3 Å². The number of aromatic nitrogens is 1. The van der Waals surface area contributed by atoms with Crippen molar-refractivity contribution >= 4 is 35.0 Å². The van der Waals surface area contributed by atoms with E-state index in [-0.39, 0.29) is 49.5 Å². The standard InChI is InChI=1S/C31H37F3N6O5S/c1-5-19(29(42)43)10-12-39-26-23(15-40(39)18(4)41)38(16-31(26,33)34)14-22-24(30(44)45-6-2)25(20-8-7-9-21(32)17(20)3)37-27(36-22)28-35-11-13-46-28/h7-9,11,13,19,23,25-26H,5-6,10,12,14-16H2,1-4H3,(H,36,37)(H,42,43). The first-order valence-electron chi connectivity index (χ1n) is 15.2. The zero-order chi connectivity index (χ0) is 33.3. The smallest absolute Gasteiger partial charge is 0.338 e. The molecular weight excluding hydrogens is 625 g/mol. The summed E-state index contributed by atoms with van der Waals surface area (Å²) in [5, 5.41) is 17.5. The van der Waals surface area contributed by atoms with E-state index in [0.717, 1.165) is 0 Å². The van der Waals surface area contributed by atoms with Crippen molar-refractivity contribution in [2.75, 3.05) is 32.8 Å². The number of hydrogen-bond donors (Lipinski definition) is 2. The van der Waals surface area contributed by atoms with Crippen LogP contribution in [0.3, 0.4) is 0 Å². The predicted octanol–water partition coefficient (Wildman–Crippen LogP) is 3.77. The molecule has 4 heterocycles. The molecule has 2 aromatic rings. The van der Waals surface area contributed by atoms with E-state index in [4.69, 9.17) is 9.73 Å². The molecule has 2 fully saturated rings. The second kappa shape index (κ2) is 13.5. The van der Waals surface area contributed by atoms with Crippen LogP contribution in [0, 0.1) is 18.7 Å². The number of aliphatic imine (C=N–C) groups is 1. The Kier molecular flexibility index (Phi) is 9.84. The lowest BCUT2D eigenvalue weighted by Crippen LogP contribution is -2.51. The maximum Gasteiger partial charge on any atom is 0.338 e. The number of nitrogens with zero attached hydrogens (tertiary/aromatic N) is 5. The molecule has 1 aromatic carbocycles. The van der Waals surface area contributed by atoms with Gasteiger partial charge in [-0.15, -0.1) is 11.3 Å². The van der Waals surface area contributed by atoms with E-state index < -0.39 is 60.2 Å². The maximum absolute atomic E-state index is 15.9. The second-order valence-corrected chi connectivity index (χ2v) is 12.5. The zero-order valence-electron chi connectivity index (χ0n) is 26.0. The summed E-state index contributed by atoms with van der Waals surface area (Å²) >= 11 is 1.29. The van der Waals surface area contributed by atoms with E-state index >= 15 is 8.78 Å². The van der Waals surface area contributed by atoms with Crippen molar-refractivity contribution in [3.63, 3.8) is 0 Å². The predicted molar refractivity (Wildman–Crippen MR) is 164 cm³/mol. The molecule has 4 atom stereocenters. The van der Waals surface area contributed by atoms with Crippen LogP contribution in [0.15, 0.2) is 46.0 Å². The van der Waals surface area contributed by atoms with Gasteiger partial charge in [0.05, 0.1) is 37.2 Å². The van der Waals surface area contributed by atoms with E-state index in [2.05, 4.69) is 10.3 Å². The van der Waals surface area contributed by atoms with Gasteiger partial charge in [0.25, 0.3) is 5.92 Å². The van der Waals surface area contributed by atoms with Crippen molar-refractivity contribution in [3.8, 4) is 0 Å². The minimum atomic E-state index is -3.27. The number of fused-ring (bicyclic) bond motifs is 1. The number of carbonyl (C=O) groups excluding carboxylic acids is 2. The van der Waals surface area contributed by atoms with Crippen LogP contribution in [0.25, 0.3) is 0 Å². The molecule has 0 aliphatic carbocycles. The minimum Gasteiger partial charge on any atom is -0.481 e. The van der Waals surface area contributed by atoms with E-state index in [9.17, 15) is 23.9 Å². The Labute approximate surface area is 268 Å². The fourth-order valence-corrected chi connectivity index (χ4v) is 7.11. The van der Waals surface area contributed by atoms with Gasteiger partial charge in [0.15, 0.2) is 10.8 Å². The number of ether oxygens (including phenoxy) is 1. The van der Waals surface area contributed by atoms with Gasteiger partial charge in [-0.05, 0) is 43.9 Å². The topological polar surface area (TPSA) is 128 Å². The van der Waals surface area contributed by atoms with Crippen LogP contribution in [0.4, 0.5) is 13.2 Å². The van der Waals surface area contributed by atoms with Crippen molar-refractivity contribution in [1.29, 1.82) is 0 Å². The fraction of sp³-hybridized carbons (Fsp3) is 0.516. The number of benzene rings is 1. The molecule has 248 valence electrons. The molecule has 1 aromatic heterocycles. The van der Waals surface area contributed by atoms with Gasteiger partial charge < -0.3 is 15.2 Å². The number of rotatable bonds is 11. The van der Waals surface area contributed by atoms with Crippen LogP contribution in [-0.4, -0.2) is 99.5 Å². The van der Waals surface area contributed by atoms with Crippen molar-refractivity contribution in [1.82, 2.24) is 25.2 Å². The Morgan fingerprint density at radius 1 is 1.26 bits per heavy atom. The van der Waals surface area contributed by atoms with Crippen LogP contribution in [0.1, 0.15) is 55.8 Å². The normalized spacial score (nSPS) is 23.6. The summed E-state index contributed by atoms with van der Waals surface area (Å²) in [6, 6.07) is 1.24. The molecular formula is C31H37F3N6O5S. The minimum absolute atomic E-state index is 0.0359. The number of alkyl halides is 2. The highest BCUT2D eigenvalue weighted by atomic mass is 32.1. The average molecular weight is 663 g/mol. The van der Waals surface area contributed by atoms with Gasteiger partial charge >= 0.3 is 11.9 Å². The van der Waals surface area contributed by atoms with Gasteiger partial charge in [-0.25, -0.2) is 28.0 Å². The third kappa shape index (κ3) is 6.40. The molecule has 3 aliphatic heterocycles. The number of amides is 1. The van der Waals surface area contributed by atoms with Gasteiger partial charge in [0.2, 0.25) is 5.91 Å². The van der Waals surface area contributed by atoms with Gasteiger partial charge in [-0.2, -0.15) is 0 Å². The van der Waals surface area contributed by atoms with Crippen molar-refractivity contribution in [2.45, 2.75) is 64.6 Å². The Bertz CT molecular complexity index is 1550. The third-order valence-electron chi connectivity index (χ3n) is 8.81. The Morgan fingerprint density at radius 3 is 2.65 bits per heavy atom. The monoisotopic (exact) mass is 662 g/mol. The number of carboxylic acids is 1. The second-order valence-electron chi connectivity index (χ2n) is 11.6. The lowest BCUT2D eigenvalue weighted by molar-refractivity contribution is -0.154. The largest absolute Gasteiger partial charge is 0.481 e. The maximum atomic E-state index is 15.9. The molecule has 0 radical (unpaired) electrons. The first-order chi connectivity index (χ1) is 21.9. The molecule has 4 unspecified atom stereocenters. The average Bonchev–Trinajstić information content (AvgIpc) is 3.72. The molecule has 2 saturated heterocycles. The van der Waals surface area contributed by atoms with Crippen LogP contribution in [0.2, 0.25) is 0 Å². The first-order valence-corrected chi connectivity index (χ1v) is 16.0. The molecule has 11 nitrogen and oxygen atoms in total. The number of amidine groups is 1. The van der Waals surface area contributed by atoms with Gasteiger partial charge in [0.1, 0.15) is 17.9 Å². The Morgan fingerprint density at radius 2 is 2.02 bits per heavy atom. The van der Waals surface area contributed by atoms with Crippen LogP contribution < -0.4 is 5.32 Å². The van der Waals surface area contributed by atoms with Crippen LogP contribution in [0.5, 0.6) is 0 Å². The Balaban J connectivity index is 1.55. The molecule has 3 aliphatic rings. The van der Waals surface area contributed by atoms with Crippen molar-refractivity contribution in [3.05, 3.63) is 63.0 Å². The summed E-state index contributed by atoms with van der Waals surface area (Å²) in [5.74, 6) is -6.38. The highest BCUT2D eigenvalue weighted by Crippen LogP contribution is 2.43. The van der Waals surface area contributed by atoms with Crippen LogP contribution >= 0.6 is 11.3 Å². The fourth-order valence-electron chi connectivity index (χ4n) is 6.53. The summed E-state index contributed by atoms with van der Waals surface area (Å²) in [6.07, 6.45) is 2.00. The summed E-state index contributed by atoms with van der Waals surface area (Å²) in [7, 11) is 0. The van der Waals surface area contributed by atoms with Crippen LogP contribution in [-0.2, 0) is 19.1 Å². The first kappa shape index (κ1) is 33.5. The van der Waals surface area contributed by atoms with Gasteiger partial charge in [-0.1, -0.05) is 19.1 Å². The number of aliphatic carboxylic acids is 1. The summed E-state index contributed by atoms with van der Waals surface area (Å²) in [5.41, 5.74) is 1.02. The number of esters is 1. The number of nitrogens with one attached hydrogen (secondary N) is 1. The van der Waals surface area contributed by atoms with E-state index in [1.54, 1.807) is 38.4 Å². The molecule has 15 heteroatoms. The highest BCUT2D eigenvalue weighted by molar-refractivity contribution is 7.11. The number of hydrazine groups is 1. The molecule has 0 saturated carbocycles. The molecule has 5 rings (SSSR count). The number of hydrogen-bond acceptors (Lipinski definition) is 10. The number of carbonyl (C=O) groups is 3. The molecule has 0 spiro atoms. The molecule has 1 amide bonds. The number of carboxylic acid groups (broad SMARTS) is 1. The number of likely N-dealkylation sites (tertiary alicyclic amines) is 1. The number of thiazole rings is 1.